The maximum Gasteiger partial charge on any atom is 0.268 e. The van der Waals surface area contributed by atoms with E-state index < -0.39 is 11.8 Å². The Morgan fingerprint density at radius 3 is 2.36 bits per heavy atom. The first kappa shape index (κ1) is 23.7. The molecule has 172 valence electrons. The number of ether oxygens (including phenoxy) is 2. The first-order valence-corrected chi connectivity index (χ1v) is 10.5. The summed E-state index contributed by atoms with van der Waals surface area (Å²) in [6.45, 7) is 5.96. The topological polar surface area (TPSA) is 89.8 Å². The Balaban J connectivity index is 1.83. The quantitative estimate of drug-likeness (QED) is 0.493. The molecule has 0 fully saturated rings. The molecule has 0 aliphatic carbocycles. The fourth-order valence-electron chi connectivity index (χ4n) is 3.24. The maximum atomic E-state index is 13.1. The Morgan fingerprint density at radius 1 is 0.970 bits per heavy atom. The van der Waals surface area contributed by atoms with Gasteiger partial charge in [-0.15, -0.1) is 0 Å². The lowest BCUT2D eigenvalue weighted by Crippen LogP contribution is -2.36. The van der Waals surface area contributed by atoms with E-state index in [-0.39, 0.29) is 11.7 Å². The van der Waals surface area contributed by atoms with Crippen molar-refractivity contribution >= 4 is 17.9 Å². The summed E-state index contributed by atoms with van der Waals surface area (Å²) in [6.07, 6.45) is 2.98. The van der Waals surface area contributed by atoms with Crippen molar-refractivity contribution in [1.29, 1.82) is 0 Å². The van der Waals surface area contributed by atoms with Crippen LogP contribution in [0.5, 0.6) is 11.5 Å². The lowest BCUT2D eigenvalue weighted by molar-refractivity contribution is -0.118. The zero-order valence-electron chi connectivity index (χ0n) is 19.4. The van der Waals surface area contributed by atoms with Crippen molar-refractivity contribution in [2.24, 2.45) is 0 Å². The number of nitrogens with one attached hydrogen (secondary N) is 2. The number of aryl methyl sites for hydroxylation is 2. The van der Waals surface area contributed by atoms with Crippen LogP contribution in [0.3, 0.4) is 0 Å². The summed E-state index contributed by atoms with van der Waals surface area (Å²) < 4.78 is 15.8. The predicted octanol–water partition coefficient (Wildman–Crippen LogP) is 4.56. The number of amides is 2. The van der Waals surface area contributed by atoms with E-state index >= 15 is 0 Å². The van der Waals surface area contributed by atoms with Gasteiger partial charge in [-0.2, -0.15) is 0 Å². The standard InChI is InChI=1S/C26H28N2O5/c1-16-8-9-19(13-17(16)2)18(3)27-26(30)22(15-21-7-6-12-33-21)28-25(29)20-10-11-23(31-4)24(14-20)32-5/h6-15,18H,1-5H3,(H,27,30)(H,28,29)/b22-15-/t18-/m0/s1. The third-order valence-corrected chi connectivity index (χ3v) is 5.35. The molecule has 7 heteroatoms. The van der Waals surface area contributed by atoms with Crippen LogP contribution in [0.25, 0.3) is 6.08 Å². The first-order chi connectivity index (χ1) is 15.8. The van der Waals surface area contributed by atoms with Gasteiger partial charge in [0.2, 0.25) is 0 Å². The fraction of sp³-hybridized carbons (Fsp3) is 0.231. The van der Waals surface area contributed by atoms with Gasteiger partial charge in [-0.25, -0.2) is 0 Å². The summed E-state index contributed by atoms with van der Waals surface area (Å²) >= 11 is 0. The molecule has 0 unspecified atom stereocenters. The van der Waals surface area contributed by atoms with Crippen molar-refractivity contribution < 1.29 is 23.5 Å². The van der Waals surface area contributed by atoms with Crippen LogP contribution in [0.1, 0.15) is 45.8 Å². The van der Waals surface area contributed by atoms with E-state index in [1.807, 2.05) is 39.0 Å². The molecule has 0 saturated heterocycles. The molecule has 0 spiro atoms. The van der Waals surface area contributed by atoms with Gasteiger partial charge in [-0.05, 0) is 67.8 Å². The third-order valence-electron chi connectivity index (χ3n) is 5.35. The Morgan fingerprint density at radius 2 is 1.73 bits per heavy atom. The summed E-state index contributed by atoms with van der Waals surface area (Å²) in [6, 6.07) is 13.9. The van der Waals surface area contributed by atoms with Crippen LogP contribution < -0.4 is 20.1 Å². The molecule has 2 amide bonds. The molecule has 7 nitrogen and oxygen atoms in total. The van der Waals surface area contributed by atoms with Gasteiger partial charge in [-0.1, -0.05) is 18.2 Å². The van der Waals surface area contributed by atoms with E-state index in [4.69, 9.17) is 13.9 Å². The molecule has 0 aliphatic heterocycles. The molecule has 0 aliphatic rings. The summed E-state index contributed by atoms with van der Waals surface area (Å²) in [5, 5.41) is 5.64. The van der Waals surface area contributed by atoms with Crippen LogP contribution in [0.4, 0.5) is 0 Å². The summed E-state index contributed by atoms with van der Waals surface area (Å²) in [4.78, 5) is 26.0. The smallest absolute Gasteiger partial charge is 0.268 e. The van der Waals surface area contributed by atoms with Gasteiger partial charge in [0.25, 0.3) is 11.8 Å². The number of hydrogen-bond acceptors (Lipinski definition) is 5. The maximum absolute atomic E-state index is 13.1. The molecule has 3 rings (SSSR count). The highest BCUT2D eigenvalue weighted by Crippen LogP contribution is 2.27. The van der Waals surface area contributed by atoms with Crippen molar-refractivity contribution in [2.75, 3.05) is 14.2 Å². The van der Waals surface area contributed by atoms with Crippen molar-refractivity contribution in [3.8, 4) is 11.5 Å². The molecule has 3 aromatic rings. The highest BCUT2D eigenvalue weighted by atomic mass is 16.5. The van der Waals surface area contributed by atoms with Gasteiger partial charge in [-0.3, -0.25) is 9.59 Å². The minimum absolute atomic E-state index is 0.0559. The van der Waals surface area contributed by atoms with E-state index in [1.54, 1.807) is 30.3 Å². The van der Waals surface area contributed by atoms with Crippen molar-refractivity contribution in [3.05, 3.63) is 88.5 Å². The van der Waals surface area contributed by atoms with Crippen LogP contribution in [-0.4, -0.2) is 26.0 Å². The number of benzene rings is 2. The normalized spacial score (nSPS) is 12.1. The zero-order chi connectivity index (χ0) is 24.0. The number of hydrogen-bond donors (Lipinski definition) is 2. The van der Waals surface area contributed by atoms with Crippen LogP contribution in [0, 0.1) is 13.8 Å². The monoisotopic (exact) mass is 448 g/mol. The predicted molar refractivity (Wildman–Crippen MR) is 126 cm³/mol. The third kappa shape index (κ3) is 5.83. The Labute approximate surface area is 193 Å². The van der Waals surface area contributed by atoms with E-state index in [0.29, 0.717) is 22.8 Å². The molecule has 0 saturated carbocycles. The molecule has 0 radical (unpaired) electrons. The molecule has 1 aromatic heterocycles. The van der Waals surface area contributed by atoms with Crippen LogP contribution >= 0.6 is 0 Å². The second kappa shape index (κ2) is 10.5. The SMILES string of the molecule is COc1ccc(C(=O)N/C(=C\c2ccco2)C(=O)N[C@@H](C)c2ccc(C)c(C)c2)cc1OC. The van der Waals surface area contributed by atoms with Crippen LogP contribution in [0.15, 0.2) is 64.9 Å². The first-order valence-electron chi connectivity index (χ1n) is 10.5. The lowest BCUT2D eigenvalue weighted by Gasteiger charge is -2.18. The Hall–Kier alpha value is -4.00. The highest BCUT2D eigenvalue weighted by Gasteiger charge is 2.19. The summed E-state index contributed by atoms with van der Waals surface area (Å²) in [7, 11) is 3.01. The van der Waals surface area contributed by atoms with Gasteiger partial charge in [0, 0.05) is 11.6 Å². The second-order valence-corrected chi connectivity index (χ2v) is 7.64. The van der Waals surface area contributed by atoms with E-state index in [1.165, 1.54) is 32.1 Å². The minimum atomic E-state index is -0.470. The van der Waals surface area contributed by atoms with Gasteiger partial charge in [0.05, 0.1) is 26.5 Å². The molecule has 33 heavy (non-hydrogen) atoms. The Bertz CT molecular complexity index is 1170. The van der Waals surface area contributed by atoms with Gasteiger partial charge < -0.3 is 24.5 Å². The number of carbonyl (C=O) groups excluding carboxylic acids is 2. The van der Waals surface area contributed by atoms with E-state index in [2.05, 4.69) is 10.6 Å². The van der Waals surface area contributed by atoms with Gasteiger partial charge in [0.1, 0.15) is 11.5 Å². The van der Waals surface area contributed by atoms with Crippen LogP contribution in [-0.2, 0) is 4.79 Å². The van der Waals surface area contributed by atoms with E-state index in [9.17, 15) is 9.59 Å². The summed E-state index contributed by atoms with van der Waals surface area (Å²) in [5.41, 5.74) is 3.66. The largest absolute Gasteiger partial charge is 0.493 e. The van der Waals surface area contributed by atoms with Crippen molar-refractivity contribution in [1.82, 2.24) is 10.6 Å². The van der Waals surface area contributed by atoms with Crippen molar-refractivity contribution in [3.63, 3.8) is 0 Å². The highest BCUT2D eigenvalue weighted by molar-refractivity contribution is 6.05. The lowest BCUT2D eigenvalue weighted by atomic mass is 10.0. The number of carbonyl (C=O) groups is 2. The van der Waals surface area contributed by atoms with Crippen molar-refractivity contribution in [2.45, 2.75) is 26.8 Å². The summed E-state index contributed by atoms with van der Waals surface area (Å²) in [5.74, 6) is 0.440. The molecule has 2 N–H and O–H groups in total. The van der Waals surface area contributed by atoms with Gasteiger partial charge in [0.15, 0.2) is 11.5 Å². The average molecular weight is 449 g/mol. The average Bonchev–Trinajstić information content (AvgIpc) is 3.32. The fourth-order valence-corrected chi connectivity index (χ4v) is 3.24. The molecular weight excluding hydrogens is 420 g/mol. The van der Waals surface area contributed by atoms with Crippen LogP contribution in [0.2, 0.25) is 0 Å². The number of rotatable bonds is 8. The molecule has 2 aromatic carbocycles. The van der Waals surface area contributed by atoms with Gasteiger partial charge >= 0.3 is 0 Å². The molecule has 0 bridgehead atoms. The second-order valence-electron chi connectivity index (χ2n) is 7.64. The van der Waals surface area contributed by atoms with E-state index in [0.717, 1.165) is 11.1 Å². The minimum Gasteiger partial charge on any atom is -0.493 e. The molecule has 1 atom stereocenters. The molecule has 1 heterocycles. The number of furan rings is 1. The molecular formula is C26H28N2O5. The zero-order valence-corrected chi connectivity index (χ0v) is 19.4. The Kier molecular flexibility index (Phi) is 7.56. The number of methoxy groups -OCH3 is 2.